The molecule has 1 saturated heterocycles. The highest BCUT2D eigenvalue weighted by Gasteiger charge is 2.23. The predicted molar refractivity (Wildman–Crippen MR) is 69.1 cm³/mol. The van der Waals surface area contributed by atoms with Gasteiger partial charge in [0.1, 0.15) is 5.82 Å². The Morgan fingerprint density at radius 1 is 1.59 bits per heavy atom. The highest BCUT2D eigenvalue weighted by atomic mass is 15.4. The maximum absolute atomic E-state index is 5.89. The van der Waals surface area contributed by atoms with Gasteiger partial charge < -0.3 is 10.6 Å². The van der Waals surface area contributed by atoms with Gasteiger partial charge in [-0.05, 0) is 12.8 Å². The first-order valence-corrected chi connectivity index (χ1v) is 6.63. The monoisotopic (exact) mass is 237 g/mol. The molecule has 2 heterocycles. The summed E-state index contributed by atoms with van der Waals surface area (Å²) in [5, 5.41) is 7.36. The van der Waals surface area contributed by atoms with Gasteiger partial charge in [0.2, 0.25) is 5.95 Å². The van der Waals surface area contributed by atoms with E-state index < -0.39 is 0 Å². The van der Waals surface area contributed by atoms with E-state index in [1.165, 1.54) is 19.3 Å². The van der Waals surface area contributed by atoms with E-state index in [4.69, 9.17) is 5.73 Å². The van der Waals surface area contributed by atoms with Crippen LogP contribution in [0.25, 0.3) is 0 Å². The van der Waals surface area contributed by atoms with Crippen molar-refractivity contribution in [2.45, 2.75) is 51.5 Å². The largest absolute Gasteiger partial charge is 0.338 e. The van der Waals surface area contributed by atoms with Crippen molar-refractivity contribution >= 4 is 5.95 Å². The van der Waals surface area contributed by atoms with Crippen LogP contribution in [0.15, 0.2) is 0 Å². The summed E-state index contributed by atoms with van der Waals surface area (Å²) >= 11 is 0. The van der Waals surface area contributed by atoms with Crippen LogP contribution in [0.2, 0.25) is 0 Å². The lowest BCUT2D eigenvalue weighted by atomic mass is 10.0. The molecule has 2 rings (SSSR count). The fourth-order valence-corrected chi connectivity index (χ4v) is 2.24. The number of rotatable bonds is 5. The maximum atomic E-state index is 5.89. The van der Waals surface area contributed by atoms with E-state index in [0.29, 0.717) is 5.92 Å². The Balaban J connectivity index is 1.95. The lowest BCUT2D eigenvalue weighted by Crippen LogP contribution is -2.27. The standard InChI is InChI=1S/C12H23N5/c1-3-4-5-9(2)11-14-12(16-15-11)17-7-6-10(13)8-17/h9-10H,3-8,13H2,1-2H3,(H,14,15,16). The molecule has 5 nitrogen and oxygen atoms in total. The van der Waals surface area contributed by atoms with Crippen LogP contribution in [0.4, 0.5) is 5.95 Å². The summed E-state index contributed by atoms with van der Waals surface area (Å²) < 4.78 is 0. The van der Waals surface area contributed by atoms with Crippen molar-refractivity contribution in [3.05, 3.63) is 5.82 Å². The van der Waals surface area contributed by atoms with E-state index in [1.807, 2.05) is 0 Å². The summed E-state index contributed by atoms with van der Waals surface area (Å²) in [7, 11) is 0. The second-order valence-corrected chi connectivity index (χ2v) is 5.06. The third-order valence-corrected chi connectivity index (χ3v) is 3.46. The molecular weight excluding hydrogens is 214 g/mol. The zero-order valence-corrected chi connectivity index (χ0v) is 10.8. The van der Waals surface area contributed by atoms with Gasteiger partial charge in [0.25, 0.3) is 0 Å². The summed E-state index contributed by atoms with van der Waals surface area (Å²) in [6.07, 6.45) is 4.68. The van der Waals surface area contributed by atoms with Crippen molar-refractivity contribution in [1.82, 2.24) is 15.2 Å². The van der Waals surface area contributed by atoms with E-state index in [9.17, 15) is 0 Å². The molecule has 3 N–H and O–H groups in total. The first-order chi connectivity index (χ1) is 8.20. The van der Waals surface area contributed by atoms with Gasteiger partial charge in [-0.1, -0.05) is 26.7 Å². The lowest BCUT2D eigenvalue weighted by Gasteiger charge is -2.12. The molecule has 0 saturated carbocycles. The van der Waals surface area contributed by atoms with Gasteiger partial charge in [0, 0.05) is 25.0 Å². The quantitative estimate of drug-likeness (QED) is 0.816. The van der Waals surface area contributed by atoms with Crippen LogP contribution in [-0.4, -0.2) is 34.3 Å². The van der Waals surface area contributed by atoms with Crippen molar-refractivity contribution < 1.29 is 0 Å². The molecule has 2 unspecified atom stereocenters. The Kier molecular flexibility index (Phi) is 3.99. The van der Waals surface area contributed by atoms with Crippen molar-refractivity contribution in [3.63, 3.8) is 0 Å². The van der Waals surface area contributed by atoms with Gasteiger partial charge in [0.15, 0.2) is 0 Å². The number of hydrogen-bond donors (Lipinski definition) is 2. The number of anilines is 1. The molecular formula is C12H23N5. The number of nitrogens with two attached hydrogens (primary N) is 1. The summed E-state index contributed by atoms with van der Waals surface area (Å²) in [5.41, 5.74) is 5.89. The number of unbranched alkanes of at least 4 members (excludes halogenated alkanes) is 1. The second-order valence-electron chi connectivity index (χ2n) is 5.06. The van der Waals surface area contributed by atoms with Crippen LogP contribution in [-0.2, 0) is 0 Å². The highest BCUT2D eigenvalue weighted by molar-refractivity contribution is 5.31. The van der Waals surface area contributed by atoms with Crippen LogP contribution in [0.5, 0.6) is 0 Å². The topological polar surface area (TPSA) is 70.8 Å². The summed E-state index contributed by atoms with van der Waals surface area (Å²) in [6.45, 7) is 6.27. The molecule has 0 bridgehead atoms. The van der Waals surface area contributed by atoms with E-state index in [1.54, 1.807) is 0 Å². The predicted octanol–water partition coefficient (Wildman–Crippen LogP) is 1.64. The van der Waals surface area contributed by atoms with Crippen LogP contribution in [0, 0.1) is 0 Å². The third kappa shape index (κ3) is 2.97. The van der Waals surface area contributed by atoms with Crippen LogP contribution >= 0.6 is 0 Å². The number of H-pyrrole nitrogens is 1. The van der Waals surface area contributed by atoms with Crippen molar-refractivity contribution in [3.8, 4) is 0 Å². The Labute approximate surface area is 103 Å². The molecule has 0 aliphatic carbocycles. The summed E-state index contributed by atoms with van der Waals surface area (Å²) in [5.74, 6) is 2.29. The molecule has 0 radical (unpaired) electrons. The van der Waals surface area contributed by atoms with Gasteiger partial charge >= 0.3 is 0 Å². The van der Waals surface area contributed by atoms with Gasteiger partial charge in [-0.2, -0.15) is 4.98 Å². The van der Waals surface area contributed by atoms with E-state index in [0.717, 1.165) is 31.3 Å². The Hall–Kier alpha value is -1.10. The molecule has 17 heavy (non-hydrogen) atoms. The second kappa shape index (κ2) is 5.49. The SMILES string of the molecule is CCCCC(C)c1nc(N2CCC(N)C2)n[nH]1. The zero-order chi connectivity index (χ0) is 12.3. The first kappa shape index (κ1) is 12.4. The van der Waals surface area contributed by atoms with Crippen molar-refractivity contribution in [1.29, 1.82) is 0 Å². The fourth-order valence-electron chi connectivity index (χ4n) is 2.24. The molecule has 2 atom stereocenters. The zero-order valence-electron chi connectivity index (χ0n) is 10.8. The minimum Gasteiger partial charge on any atom is -0.338 e. The minimum atomic E-state index is 0.273. The molecule has 1 aliphatic rings. The molecule has 0 spiro atoms. The highest BCUT2D eigenvalue weighted by Crippen LogP contribution is 2.21. The molecule has 1 aliphatic heterocycles. The molecule has 1 fully saturated rings. The summed E-state index contributed by atoms with van der Waals surface area (Å²) in [4.78, 5) is 6.75. The average Bonchev–Trinajstić information content (AvgIpc) is 2.93. The Morgan fingerprint density at radius 2 is 2.41 bits per heavy atom. The lowest BCUT2D eigenvalue weighted by molar-refractivity contribution is 0.597. The van der Waals surface area contributed by atoms with Crippen LogP contribution in [0.3, 0.4) is 0 Å². The fraction of sp³-hybridized carbons (Fsp3) is 0.833. The average molecular weight is 237 g/mol. The summed E-state index contributed by atoms with van der Waals surface area (Å²) in [6, 6.07) is 0.273. The van der Waals surface area contributed by atoms with Gasteiger partial charge in [-0.3, -0.25) is 5.10 Å². The minimum absolute atomic E-state index is 0.273. The number of hydrogen-bond acceptors (Lipinski definition) is 4. The van der Waals surface area contributed by atoms with Crippen LogP contribution in [0.1, 0.15) is 51.3 Å². The first-order valence-electron chi connectivity index (χ1n) is 6.63. The van der Waals surface area contributed by atoms with E-state index >= 15 is 0 Å². The number of nitrogens with zero attached hydrogens (tertiary/aromatic N) is 3. The molecule has 0 aromatic carbocycles. The molecule has 1 aromatic rings. The Bertz CT molecular complexity index is 348. The van der Waals surface area contributed by atoms with Crippen molar-refractivity contribution in [2.75, 3.05) is 18.0 Å². The Morgan fingerprint density at radius 3 is 3.06 bits per heavy atom. The molecule has 1 aromatic heterocycles. The normalized spacial score (nSPS) is 22.1. The number of aromatic amines is 1. The van der Waals surface area contributed by atoms with Crippen LogP contribution < -0.4 is 10.6 Å². The van der Waals surface area contributed by atoms with Gasteiger partial charge in [-0.25, -0.2) is 0 Å². The van der Waals surface area contributed by atoms with E-state index in [-0.39, 0.29) is 6.04 Å². The van der Waals surface area contributed by atoms with Crippen molar-refractivity contribution in [2.24, 2.45) is 5.73 Å². The number of nitrogens with one attached hydrogen (secondary N) is 1. The molecule has 0 amide bonds. The van der Waals surface area contributed by atoms with E-state index in [2.05, 4.69) is 33.9 Å². The third-order valence-electron chi connectivity index (χ3n) is 3.46. The maximum Gasteiger partial charge on any atom is 0.244 e. The number of aromatic nitrogens is 3. The molecule has 96 valence electrons. The van der Waals surface area contributed by atoms with Gasteiger partial charge in [0.05, 0.1) is 0 Å². The molecule has 5 heteroatoms. The van der Waals surface area contributed by atoms with Gasteiger partial charge in [-0.15, -0.1) is 5.10 Å². The smallest absolute Gasteiger partial charge is 0.244 e.